The molecular weight excluding hydrogens is 228 g/mol. The first-order valence-corrected chi connectivity index (χ1v) is 5.99. The minimum atomic E-state index is -4.22. The normalized spacial score (nSPS) is 11.6. The summed E-state index contributed by atoms with van der Waals surface area (Å²) in [6.45, 7) is 1.84. The molecule has 1 N–H and O–H groups in total. The lowest BCUT2D eigenvalue weighted by atomic mass is 10.2. The number of rotatable bonds is 2. The third-order valence-corrected chi connectivity index (χ3v) is 3.08. The Bertz CT molecular complexity index is 603. The summed E-state index contributed by atoms with van der Waals surface area (Å²) in [5.41, 5.74) is 1.29. The van der Waals surface area contributed by atoms with E-state index in [0.717, 1.165) is 5.56 Å². The second-order valence-electron chi connectivity index (χ2n) is 3.42. The van der Waals surface area contributed by atoms with Crippen molar-refractivity contribution in [1.29, 1.82) is 0 Å². The quantitative estimate of drug-likeness (QED) is 0.803. The Morgan fingerprint density at radius 2 is 2.12 bits per heavy atom. The average molecular weight is 238 g/mol. The van der Waals surface area contributed by atoms with Crippen molar-refractivity contribution in [1.82, 2.24) is 9.55 Å². The molecule has 0 radical (unpaired) electrons. The summed E-state index contributed by atoms with van der Waals surface area (Å²) in [6.07, 6.45) is 4.63. The van der Waals surface area contributed by atoms with Gasteiger partial charge in [-0.15, -0.1) is 0 Å². The molecule has 0 atom stereocenters. The summed E-state index contributed by atoms with van der Waals surface area (Å²) in [6, 6.07) is 4.67. The average Bonchev–Trinajstić information content (AvgIpc) is 2.68. The van der Waals surface area contributed by atoms with Crippen LogP contribution in [0.15, 0.2) is 41.8 Å². The van der Waals surface area contributed by atoms with E-state index in [9.17, 15) is 8.42 Å². The zero-order chi connectivity index (χ0) is 11.8. The van der Waals surface area contributed by atoms with Crippen molar-refractivity contribution >= 4 is 10.1 Å². The number of imidazole rings is 1. The van der Waals surface area contributed by atoms with Gasteiger partial charge in [0.1, 0.15) is 4.90 Å². The fourth-order valence-corrected chi connectivity index (χ4v) is 2.12. The van der Waals surface area contributed by atoms with Crippen molar-refractivity contribution < 1.29 is 13.0 Å². The van der Waals surface area contributed by atoms with Gasteiger partial charge in [-0.2, -0.15) is 8.42 Å². The summed E-state index contributed by atoms with van der Waals surface area (Å²) in [5, 5.41) is 0. The monoisotopic (exact) mass is 238 g/mol. The first kappa shape index (κ1) is 10.8. The Balaban J connectivity index is 2.73. The smallest absolute Gasteiger partial charge is 0.296 e. The van der Waals surface area contributed by atoms with Crippen molar-refractivity contribution in [3.05, 3.63) is 42.5 Å². The molecule has 1 aromatic carbocycles. The van der Waals surface area contributed by atoms with E-state index in [1.807, 2.05) is 6.92 Å². The van der Waals surface area contributed by atoms with Gasteiger partial charge < -0.3 is 4.57 Å². The fraction of sp³-hybridized carbons (Fsp3) is 0.100. The summed E-state index contributed by atoms with van der Waals surface area (Å²) in [7, 11) is -4.22. The van der Waals surface area contributed by atoms with Gasteiger partial charge in [0, 0.05) is 12.4 Å². The van der Waals surface area contributed by atoms with E-state index in [2.05, 4.69) is 4.98 Å². The first-order chi connectivity index (χ1) is 7.48. The van der Waals surface area contributed by atoms with Crippen molar-refractivity contribution in [2.24, 2.45) is 0 Å². The minimum absolute atomic E-state index is 0.129. The molecule has 1 heterocycles. The number of aromatic nitrogens is 2. The van der Waals surface area contributed by atoms with Crippen LogP contribution in [0.5, 0.6) is 0 Å². The molecule has 5 nitrogen and oxygen atoms in total. The maximum atomic E-state index is 11.2. The molecule has 0 aliphatic carbocycles. The van der Waals surface area contributed by atoms with E-state index in [0.29, 0.717) is 5.69 Å². The van der Waals surface area contributed by atoms with Crippen LogP contribution in [0.2, 0.25) is 0 Å². The molecule has 16 heavy (non-hydrogen) atoms. The molecule has 84 valence electrons. The van der Waals surface area contributed by atoms with E-state index in [1.165, 1.54) is 23.2 Å². The van der Waals surface area contributed by atoms with Crippen LogP contribution in [0.3, 0.4) is 0 Å². The number of hydrogen-bond acceptors (Lipinski definition) is 3. The molecule has 0 amide bonds. The molecule has 2 aromatic rings. The highest BCUT2D eigenvalue weighted by Crippen LogP contribution is 2.20. The standard InChI is InChI=1S/C10H10N2O3S/c1-8-2-3-10(16(13,14)15)9(6-8)12-5-4-11-7-12/h2-7H,1H3,(H,13,14,15). The van der Waals surface area contributed by atoms with E-state index in [-0.39, 0.29) is 4.90 Å². The van der Waals surface area contributed by atoms with E-state index in [1.54, 1.807) is 18.3 Å². The molecule has 0 unspecified atom stereocenters. The molecule has 0 aliphatic heterocycles. The number of benzene rings is 1. The van der Waals surface area contributed by atoms with Gasteiger partial charge in [0.05, 0.1) is 12.0 Å². The van der Waals surface area contributed by atoms with Crippen LogP contribution in [0.25, 0.3) is 5.69 Å². The summed E-state index contributed by atoms with van der Waals surface area (Å²) in [5.74, 6) is 0. The Morgan fingerprint density at radius 3 is 2.69 bits per heavy atom. The van der Waals surface area contributed by atoms with Gasteiger partial charge in [0.15, 0.2) is 0 Å². The molecule has 2 rings (SSSR count). The lowest BCUT2D eigenvalue weighted by Crippen LogP contribution is -2.05. The highest BCUT2D eigenvalue weighted by Gasteiger charge is 2.16. The zero-order valence-corrected chi connectivity index (χ0v) is 9.35. The number of hydrogen-bond donors (Lipinski definition) is 1. The van der Waals surface area contributed by atoms with Crippen LogP contribution < -0.4 is 0 Å². The van der Waals surface area contributed by atoms with E-state index < -0.39 is 10.1 Å². The fourth-order valence-electron chi connectivity index (χ4n) is 1.45. The third-order valence-electron chi connectivity index (χ3n) is 2.17. The van der Waals surface area contributed by atoms with Crippen LogP contribution in [0.4, 0.5) is 0 Å². The lowest BCUT2D eigenvalue weighted by molar-refractivity contribution is 0.482. The summed E-state index contributed by atoms with van der Waals surface area (Å²) < 4.78 is 33.0. The third kappa shape index (κ3) is 1.98. The van der Waals surface area contributed by atoms with Gasteiger partial charge in [0.25, 0.3) is 10.1 Å². The predicted octanol–water partition coefficient (Wildman–Crippen LogP) is 1.43. The minimum Gasteiger partial charge on any atom is -0.305 e. The van der Waals surface area contributed by atoms with Gasteiger partial charge in [-0.05, 0) is 24.6 Å². The van der Waals surface area contributed by atoms with Crippen LogP contribution in [-0.4, -0.2) is 22.5 Å². The zero-order valence-electron chi connectivity index (χ0n) is 8.53. The Hall–Kier alpha value is -1.66. The molecule has 0 fully saturated rings. The first-order valence-electron chi connectivity index (χ1n) is 4.55. The maximum absolute atomic E-state index is 11.2. The highest BCUT2D eigenvalue weighted by atomic mass is 32.2. The van der Waals surface area contributed by atoms with E-state index in [4.69, 9.17) is 4.55 Å². The predicted molar refractivity (Wildman–Crippen MR) is 58.1 cm³/mol. The lowest BCUT2D eigenvalue weighted by Gasteiger charge is -2.08. The van der Waals surface area contributed by atoms with Gasteiger partial charge in [-0.1, -0.05) is 6.07 Å². The highest BCUT2D eigenvalue weighted by molar-refractivity contribution is 7.86. The molecule has 0 spiro atoms. The number of nitrogens with zero attached hydrogens (tertiary/aromatic N) is 2. The molecule has 0 saturated carbocycles. The van der Waals surface area contributed by atoms with Gasteiger partial charge in [0.2, 0.25) is 0 Å². The molecule has 6 heteroatoms. The van der Waals surface area contributed by atoms with Crippen LogP contribution in [-0.2, 0) is 10.1 Å². The molecule has 0 bridgehead atoms. The van der Waals surface area contributed by atoms with Crippen LogP contribution in [0, 0.1) is 6.92 Å². The van der Waals surface area contributed by atoms with Crippen molar-refractivity contribution in [2.75, 3.05) is 0 Å². The molecule has 1 aromatic heterocycles. The van der Waals surface area contributed by atoms with Crippen molar-refractivity contribution in [3.8, 4) is 5.69 Å². The van der Waals surface area contributed by atoms with E-state index >= 15 is 0 Å². The second-order valence-corrected chi connectivity index (χ2v) is 4.81. The Kier molecular flexibility index (Phi) is 2.53. The van der Waals surface area contributed by atoms with Crippen molar-refractivity contribution in [3.63, 3.8) is 0 Å². The van der Waals surface area contributed by atoms with Crippen LogP contribution >= 0.6 is 0 Å². The molecule has 0 aliphatic rings. The summed E-state index contributed by atoms with van der Waals surface area (Å²) in [4.78, 5) is 3.71. The maximum Gasteiger partial charge on any atom is 0.296 e. The molecule has 0 saturated heterocycles. The van der Waals surface area contributed by atoms with Gasteiger partial charge in [-0.3, -0.25) is 4.55 Å². The van der Waals surface area contributed by atoms with Crippen molar-refractivity contribution in [2.45, 2.75) is 11.8 Å². The van der Waals surface area contributed by atoms with Gasteiger partial charge >= 0.3 is 0 Å². The number of aryl methyl sites for hydroxylation is 1. The Morgan fingerprint density at radius 1 is 1.38 bits per heavy atom. The van der Waals surface area contributed by atoms with Crippen LogP contribution in [0.1, 0.15) is 5.56 Å². The summed E-state index contributed by atoms with van der Waals surface area (Å²) >= 11 is 0. The SMILES string of the molecule is Cc1ccc(S(=O)(=O)O)c(-n2ccnc2)c1. The van der Waals surface area contributed by atoms with Gasteiger partial charge in [-0.25, -0.2) is 4.98 Å². The Labute approximate surface area is 93.1 Å². The largest absolute Gasteiger partial charge is 0.305 e. The second kappa shape index (κ2) is 3.73. The topological polar surface area (TPSA) is 72.2 Å². The molecular formula is C10H10N2O3S.